The minimum atomic E-state index is -0.313. The number of rotatable bonds is 5. The lowest BCUT2D eigenvalue weighted by atomic mass is 10.2. The maximum atomic E-state index is 12.8. The van der Waals surface area contributed by atoms with Gasteiger partial charge < -0.3 is 15.0 Å². The standard InChI is InChI=1S/C21H22N4O2/c1-14-10-11-19(27-4)17(12-14)24-21(26)18-13-20(23-15(2)22-18)25(3)16-8-6-5-7-9-16/h5-13H,1-4H3,(H,24,26). The summed E-state index contributed by atoms with van der Waals surface area (Å²) in [5.74, 6) is 1.46. The Morgan fingerprint density at radius 3 is 2.48 bits per heavy atom. The fourth-order valence-corrected chi connectivity index (χ4v) is 2.73. The first-order chi connectivity index (χ1) is 13.0. The molecule has 0 saturated heterocycles. The summed E-state index contributed by atoms with van der Waals surface area (Å²) in [6.07, 6.45) is 0. The van der Waals surface area contributed by atoms with E-state index in [0.717, 1.165) is 11.3 Å². The molecular formula is C21H22N4O2. The van der Waals surface area contributed by atoms with Crippen molar-refractivity contribution in [3.05, 3.63) is 71.7 Å². The van der Waals surface area contributed by atoms with Crippen molar-refractivity contribution < 1.29 is 9.53 Å². The first-order valence-electron chi connectivity index (χ1n) is 8.58. The summed E-state index contributed by atoms with van der Waals surface area (Å²) in [5, 5.41) is 2.88. The summed E-state index contributed by atoms with van der Waals surface area (Å²) in [7, 11) is 3.48. The number of hydrogen-bond acceptors (Lipinski definition) is 5. The van der Waals surface area contributed by atoms with Gasteiger partial charge in [0.1, 0.15) is 23.1 Å². The number of anilines is 3. The Bertz CT molecular complexity index is 958. The molecule has 138 valence electrons. The van der Waals surface area contributed by atoms with Crippen LogP contribution in [0.3, 0.4) is 0 Å². The zero-order valence-electron chi connectivity index (χ0n) is 15.9. The number of aromatic nitrogens is 2. The van der Waals surface area contributed by atoms with Gasteiger partial charge >= 0.3 is 0 Å². The third-order valence-corrected chi connectivity index (χ3v) is 4.15. The van der Waals surface area contributed by atoms with E-state index in [4.69, 9.17) is 4.74 Å². The zero-order valence-corrected chi connectivity index (χ0v) is 15.9. The van der Waals surface area contributed by atoms with Crippen LogP contribution in [0.15, 0.2) is 54.6 Å². The minimum Gasteiger partial charge on any atom is -0.495 e. The molecule has 6 nitrogen and oxygen atoms in total. The van der Waals surface area contributed by atoms with Crippen molar-refractivity contribution in [1.82, 2.24) is 9.97 Å². The molecule has 6 heteroatoms. The van der Waals surface area contributed by atoms with Crippen molar-refractivity contribution in [2.24, 2.45) is 0 Å². The molecule has 27 heavy (non-hydrogen) atoms. The van der Waals surface area contributed by atoms with Gasteiger partial charge in [0.15, 0.2) is 0 Å². The molecule has 0 saturated carbocycles. The molecule has 0 fully saturated rings. The van der Waals surface area contributed by atoms with Gasteiger partial charge in [-0.1, -0.05) is 24.3 Å². The van der Waals surface area contributed by atoms with E-state index in [0.29, 0.717) is 28.8 Å². The smallest absolute Gasteiger partial charge is 0.274 e. The Kier molecular flexibility index (Phi) is 5.35. The molecule has 3 rings (SSSR count). The number of nitrogens with zero attached hydrogens (tertiary/aromatic N) is 3. The van der Waals surface area contributed by atoms with Crippen LogP contribution < -0.4 is 15.0 Å². The topological polar surface area (TPSA) is 67.3 Å². The fraction of sp³-hybridized carbons (Fsp3) is 0.190. The number of ether oxygens (including phenoxy) is 1. The summed E-state index contributed by atoms with van der Waals surface area (Å²) in [6, 6.07) is 17.1. The highest BCUT2D eigenvalue weighted by atomic mass is 16.5. The van der Waals surface area contributed by atoms with E-state index >= 15 is 0 Å². The van der Waals surface area contributed by atoms with E-state index in [1.165, 1.54) is 0 Å². The maximum absolute atomic E-state index is 12.8. The average molecular weight is 362 g/mol. The quantitative estimate of drug-likeness (QED) is 0.739. The Morgan fingerprint density at radius 1 is 1.04 bits per heavy atom. The van der Waals surface area contributed by atoms with Gasteiger partial charge in [-0.25, -0.2) is 9.97 Å². The molecule has 0 aliphatic heterocycles. The molecule has 0 unspecified atom stereocenters. The monoisotopic (exact) mass is 362 g/mol. The Balaban J connectivity index is 1.90. The van der Waals surface area contributed by atoms with Gasteiger partial charge in [0.2, 0.25) is 0 Å². The van der Waals surface area contributed by atoms with Crippen LogP contribution in [0.2, 0.25) is 0 Å². The van der Waals surface area contributed by atoms with Crippen LogP contribution in [0.1, 0.15) is 21.9 Å². The molecule has 0 aliphatic rings. The van der Waals surface area contributed by atoms with Crippen molar-refractivity contribution >= 4 is 23.1 Å². The van der Waals surface area contributed by atoms with Crippen LogP contribution in [0, 0.1) is 13.8 Å². The van der Waals surface area contributed by atoms with Crippen molar-refractivity contribution in [2.45, 2.75) is 13.8 Å². The zero-order chi connectivity index (χ0) is 19.4. The van der Waals surface area contributed by atoms with E-state index in [2.05, 4.69) is 15.3 Å². The lowest BCUT2D eigenvalue weighted by Crippen LogP contribution is -2.18. The number of para-hydroxylation sites is 1. The van der Waals surface area contributed by atoms with Crippen molar-refractivity contribution in [3.8, 4) is 5.75 Å². The molecule has 1 heterocycles. The molecule has 1 aromatic heterocycles. The van der Waals surface area contributed by atoms with Crippen LogP contribution in [-0.2, 0) is 0 Å². The van der Waals surface area contributed by atoms with Gasteiger partial charge in [0.25, 0.3) is 5.91 Å². The van der Waals surface area contributed by atoms with Crippen LogP contribution in [0.25, 0.3) is 0 Å². The Hall–Kier alpha value is -3.41. The van der Waals surface area contributed by atoms with E-state index < -0.39 is 0 Å². The van der Waals surface area contributed by atoms with Crippen LogP contribution >= 0.6 is 0 Å². The maximum Gasteiger partial charge on any atom is 0.274 e. The van der Waals surface area contributed by atoms with Gasteiger partial charge in [-0.05, 0) is 43.7 Å². The number of nitrogens with one attached hydrogen (secondary N) is 1. The molecule has 1 amide bonds. The van der Waals surface area contributed by atoms with Crippen molar-refractivity contribution in [3.63, 3.8) is 0 Å². The Labute approximate surface area is 158 Å². The van der Waals surface area contributed by atoms with Gasteiger partial charge in [-0.2, -0.15) is 0 Å². The van der Waals surface area contributed by atoms with E-state index in [1.807, 2.05) is 67.4 Å². The van der Waals surface area contributed by atoms with Crippen LogP contribution in [0.4, 0.5) is 17.2 Å². The molecule has 0 bridgehead atoms. The highest BCUT2D eigenvalue weighted by Crippen LogP contribution is 2.26. The minimum absolute atomic E-state index is 0.295. The third kappa shape index (κ3) is 4.23. The number of methoxy groups -OCH3 is 1. The molecule has 0 atom stereocenters. The van der Waals surface area contributed by atoms with E-state index in [9.17, 15) is 4.79 Å². The van der Waals surface area contributed by atoms with Gasteiger partial charge in [0, 0.05) is 18.8 Å². The molecule has 0 radical (unpaired) electrons. The predicted molar refractivity (Wildman–Crippen MR) is 107 cm³/mol. The summed E-state index contributed by atoms with van der Waals surface area (Å²) >= 11 is 0. The fourth-order valence-electron chi connectivity index (χ4n) is 2.73. The largest absolute Gasteiger partial charge is 0.495 e. The molecule has 0 aliphatic carbocycles. The summed E-state index contributed by atoms with van der Waals surface area (Å²) in [5.41, 5.74) is 2.90. The predicted octanol–water partition coefficient (Wildman–Crippen LogP) is 4.12. The lowest BCUT2D eigenvalue weighted by molar-refractivity contribution is 0.102. The summed E-state index contributed by atoms with van der Waals surface area (Å²) < 4.78 is 5.32. The highest BCUT2D eigenvalue weighted by molar-refractivity contribution is 6.04. The molecule has 3 aromatic rings. The summed E-state index contributed by atoms with van der Waals surface area (Å²) in [6.45, 7) is 3.73. The first-order valence-corrected chi connectivity index (χ1v) is 8.58. The van der Waals surface area contributed by atoms with Gasteiger partial charge in [0.05, 0.1) is 12.8 Å². The number of benzene rings is 2. The van der Waals surface area contributed by atoms with Gasteiger partial charge in [-0.3, -0.25) is 4.79 Å². The third-order valence-electron chi connectivity index (χ3n) is 4.15. The number of hydrogen-bond donors (Lipinski definition) is 1. The van der Waals surface area contributed by atoms with Crippen LogP contribution in [0.5, 0.6) is 5.75 Å². The number of carbonyl (C=O) groups is 1. The Morgan fingerprint density at radius 2 is 1.78 bits per heavy atom. The van der Waals surface area contributed by atoms with Crippen LogP contribution in [-0.4, -0.2) is 30.0 Å². The van der Waals surface area contributed by atoms with E-state index in [1.54, 1.807) is 20.1 Å². The molecular weight excluding hydrogens is 340 g/mol. The second-order valence-corrected chi connectivity index (χ2v) is 6.21. The first kappa shape index (κ1) is 18.4. The SMILES string of the molecule is COc1ccc(C)cc1NC(=O)c1cc(N(C)c2ccccc2)nc(C)n1. The second-order valence-electron chi connectivity index (χ2n) is 6.21. The average Bonchev–Trinajstić information content (AvgIpc) is 2.67. The molecule has 2 aromatic carbocycles. The van der Waals surface area contributed by atoms with Crippen molar-refractivity contribution in [1.29, 1.82) is 0 Å². The second kappa shape index (κ2) is 7.86. The molecule has 0 spiro atoms. The lowest BCUT2D eigenvalue weighted by Gasteiger charge is -2.19. The number of aryl methyl sites for hydroxylation is 2. The van der Waals surface area contributed by atoms with Crippen molar-refractivity contribution in [2.75, 3.05) is 24.4 Å². The van der Waals surface area contributed by atoms with Gasteiger partial charge in [-0.15, -0.1) is 0 Å². The summed E-state index contributed by atoms with van der Waals surface area (Å²) in [4.78, 5) is 23.4. The van der Waals surface area contributed by atoms with E-state index in [-0.39, 0.29) is 5.91 Å². The normalized spacial score (nSPS) is 10.4. The molecule has 1 N–H and O–H groups in total. The highest BCUT2D eigenvalue weighted by Gasteiger charge is 2.15. The number of amides is 1. The number of carbonyl (C=O) groups excluding carboxylic acids is 1.